The van der Waals surface area contributed by atoms with E-state index < -0.39 is 0 Å². The summed E-state index contributed by atoms with van der Waals surface area (Å²) in [4.78, 5) is 4.31. The van der Waals surface area contributed by atoms with E-state index in [1.54, 1.807) is 0 Å². The van der Waals surface area contributed by atoms with Crippen LogP contribution in [0.4, 0.5) is 0 Å². The zero-order valence-electron chi connectivity index (χ0n) is 11.0. The fraction of sp³-hybridized carbons (Fsp3) is 0.188. The molecule has 0 radical (unpaired) electrons. The number of nitrogens with zero attached hydrogens (tertiary/aromatic N) is 1. The van der Waals surface area contributed by atoms with Crippen LogP contribution < -0.4 is 10.5 Å². The summed E-state index contributed by atoms with van der Waals surface area (Å²) < 4.78 is 11.6. The lowest BCUT2D eigenvalue weighted by Crippen LogP contribution is -2.19. The fourth-order valence-corrected chi connectivity index (χ4v) is 2.08. The maximum atomic E-state index is 6.02. The van der Waals surface area contributed by atoms with Gasteiger partial charge in [0.25, 0.3) is 0 Å². The van der Waals surface area contributed by atoms with Crippen molar-refractivity contribution >= 4 is 5.90 Å². The van der Waals surface area contributed by atoms with E-state index >= 15 is 0 Å². The highest BCUT2D eigenvalue weighted by Gasteiger charge is 2.27. The van der Waals surface area contributed by atoms with Crippen molar-refractivity contribution in [2.45, 2.75) is 12.3 Å². The topological polar surface area (TPSA) is 56.8 Å². The Labute approximate surface area is 117 Å². The van der Waals surface area contributed by atoms with Crippen LogP contribution in [0.1, 0.15) is 11.7 Å². The molecule has 4 nitrogen and oxygen atoms in total. The first-order chi connectivity index (χ1) is 9.83. The van der Waals surface area contributed by atoms with E-state index in [4.69, 9.17) is 15.2 Å². The number of hydrogen-bond acceptors (Lipinski definition) is 4. The summed E-state index contributed by atoms with van der Waals surface area (Å²) in [5, 5.41) is 0. The summed E-state index contributed by atoms with van der Waals surface area (Å²) in [5.74, 6) is 1.31. The Bertz CT molecular complexity index is 584. The molecule has 2 unspecified atom stereocenters. The van der Waals surface area contributed by atoms with E-state index in [1.165, 1.54) is 0 Å². The van der Waals surface area contributed by atoms with Gasteiger partial charge in [0.2, 0.25) is 5.90 Å². The van der Waals surface area contributed by atoms with Crippen LogP contribution in [0.3, 0.4) is 0 Å². The van der Waals surface area contributed by atoms with E-state index in [1.807, 2.05) is 60.7 Å². The maximum absolute atomic E-state index is 6.02. The first-order valence-corrected chi connectivity index (χ1v) is 6.55. The minimum Gasteiger partial charge on any atom is -0.476 e. The number of rotatable bonds is 4. The maximum Gasteiger partial charge on any atom is 0.232 e. The van der Waals surface area contributed by atoms with Gasteiger partial charge < -0.3 is 15.2 Å². The van der Waals surface area contributed by atoms with Crippen molar-refractivity contribution < 1.29 is 9.47 Å². The molecule has 4 heteroatoms. The quantitative estimate of drug-likeness (QED) is 0.927. The lowest BCUT2D eigenvalue weighted by Gasteiger charge is -2.19. The third-order valence-electron chi connectivity index (χ3n) is 3.02. The average Bonchev–Trinajstić information content (AvgIpc) is 2.93. The van der Waals surface area contributed by atoms with Gasteiger partial charge in [0.15, 0.2) is 6.10 Å². The normalized spacial score (nSPS) is 19.1. The van der Waals surface area contributed by atoms with E-state index in [9.17, 15) is 0 Å². The molecule has 20 heavy (non-hydrogen) atoms. The third-order valence-corrected chi connectivity index (χ3v) is 3.02. The van der Waals surface area contributed by atoms with E-state index in [0.717, 1.165) is 11.3 Å². The molecule has 3 rings (SSSR count). The van der Waals surface area contributed by atoms with Crippen molar-refractivity contribution in [3.05, 3.63) is 66.2 Å². The Balaban J connectivity index is 1.90. The number of ether oxygens (including phenoxy) is 2. The molecule has 1 aliphatic heterocycles. The van der Waals surface area contributed by atoms with Gasteiger partial charge in [0.1, 0.15) is 18.5 Å². The van der Waals surface area contributed by atoms with Gasteiger partial charge in [-0.2, -0.15) is 0 Å². The zero-order chi connectivity index (χ0) is 13.8. The lowest BCUT2D eigenvalue weighted by molar-refractivity contribution is 0.219. The molecule has 1 heterocycles. The first kappa shape index (κ1) is 12.7. The monoisotopic (exact) mass is 268 g/mol. The largest absolute Gasteiger partial charge is 0.476 e. The first-order valence-electron chi connectivity index (χ1n) is 6.55. The van der Waals surface area contributed by atoms with Gasteiger partial charge >= 0.3 is 0 Å². The summed E-state index contributed by atoms with van der Waals surface area (Å²) in [6, 6.07) is 19.5. The smallest absolute Gasteiger partial charge is 0.232 e. The Morgan fingerprint density at radius 2 is 1.70 bits per heavy atom. The van der Waals surface area contributed by atoms with Crippen LogP contribution in [0.2, 0.25) is 0 Å². The van der Waals surface area contributed by atoms with Crippen LogP contribution in [-0.2, 0) is 4.74 Å². The van der Waals surface area contributed by atoms with Gasteiger partial charge in [-0.25, -0.2) is 4.99 Å². The Morgan fingerprint density at radius 3 is 2.30 bits per heavy atom. The second-order valence-corrected chi connectivity index (χ2v) is 4.57. The number of para-hydroxylation sites is 1. The molecule has 0 aromatic heterocycles. The minimum atomic E-state index is -0.368. The molecule has 2 aromatic carbocycles. The van der Waals surface area contributed by atoms with Gasteiger partial charge in [-0.1, -0.05) is 48.5 Å². The molecule has 102 valence electrons. The summed E-state index contributed by atoms with van der Waals surface area (Å²) in [7, 11) is 0. The van der Waals surface area contributed by atoms with Gasteiger partial charge in [0, 0.05) is 5.56 Å². The average molecular weight is 268 g/mol. The van der Waals surface area contributed by atoms with Crippen LogP contribution in [0.5, 0.6) is 5.75 Å². The number of aliphatic imine (C=N–C) groups is 1. The van der Waals surface area contributed by atoms with Crippen LogP contribution in [-0.4, -0.2) is 18.7 Å². The van der Waals surface area contributed by atoms with Crippen molar-refractivity contribution in [2.75, 3.05) is 6.61 Å². The third kappa shape index (κ3) is 2.81. The molecule has 2 aromatic rings. The molecule has 1 aliphatic rings. The Kier molecular flexibility index (Phi) is 3.65. The molecule has 2 atom stereocenters. The minimum absolute atomic E-state index is 0.310. The predicted octanol–water partition coefficient (Wildman–Crippen LogP) is 2.52. The molecule has 0 fully saturated rings. The van der Waals surface area contributed by atoms with Crippen LogP contribution in [0, 0.1) is 0 Å². The zero-order valence-corrected chi connectivity index (χ0v) is 11.0. The van der Waals surface area contributed by atoms with Gasteiger partial charge in [-0.3, -0.25) is 0 Å². The van der Waals surface area contributed by atoms with Crippen LogP contribution in [0.25, 0.3) is 0 Å². The Hall–Kier alpha value is -2.33. The van der Waals surface area contributed by atoms with Gasteiger partial charge in [-0.15, -0.1) is 0 Å². The highest BCUT2D eigenvalue weighted by molar-refractivity contribution is 5.84. The molecular formula is C16H16N2O2. The van der Waals surface area contributed by atoms with Crippen LogP contribution in [0.15, 0.2) is 65.7 Å². The molecule has 0 bridgehead atoms. The van der Waals surface area contributed by atoms with Crippen molar-refractivity contribution in [1.29, 1.82) is 0 Å². The SMILES string of the molecule is NC1COC(C(Oc2ccccc2)c2ccccc2)=N1. The standard InChI is InChI=1S/C16H16N2O2/c17-14-11-19-16(18-14)15(12-7-3-1-4-8-12)20-13-9-5-2-6-10-13/h1-10,14-15H,11,17H2. The molecule has 0 saturated carbocycles. The lowest BCUT2D eigenvalue weighted by atomic mass is 10.1. The summed E-state index contributed by atoms with van der Waals surface area (Å²) in [6.07, 6.45) is -0.678. The number of nitrogens with two attached hydrogens (primary N) is 1. The molecular weight excluding hydrogens is 252 g/mol. The van der Waals surface area contributed by atoms with E-state index in [2.05, 4.69) is 4.99 Å². The highest BCUT2D eigenvalue weighted by atomic mass is 16.5. The van der Waals surface area contributed by atoms with Crippen molar-refractivity contribution in [1.82, 2.24) is 0 Å². The fourth-order valence-electron chi connectivity index (χ4n) is 2.08. The highest BCUT2D eigenvalue weighted by Crippen LogP contribution is 2.25. The molecule has 2 N–H and O–H groups in total. The molecule has 0 amide bonds. The van der Waals surface area contributed by atoms with E-state index in [-0.39, 0.29) is 12.3 Å². The molecule has 0 spiro atoms. The second-order valence-electron chi connectivity index (χ2n) is 4.57. The predicted molar refractivity (Wildman–Crippen MR) is 77.6 cm³/mol. The summed E-state index contributed by atoms with van der Waals surface area (Å²) >= 11 is 0. The summed E-state index contributed by atoms with van der Waals surface area (Å²) in [5.41, 5.74) is 6.76. The Morgan fingerprint density at radius 1 is 1.05 bits per heavy atom. The number of benzene rings is 2. The summed E-state index contributed by atoms with van der Waals surface area (Å²) in [6.45, 7) is 0.400. The van der Waals surface area contributed by atoms with Crippen molar-refractivity contribution in [2.24, 2.45) is 10.7 Å². The van der Waals surface area contributed by atoms with Gasteiger partial charge in [-0.05, 0) is 12.1 Å². The van der Waals surface area contributed by atoms with Gasteiger partial charge in [0.05, 0.1) is 0 Å². The number of hydrogen-bond donors (Lipinski definition) is 1. The molecule has 0 saturated heterocycles. The van der Waals surface area contributed by atoms with E-state index in [0.29, 0.717) is 12.5 Å². The second kappa shape index (κ2) is 5.75. The van der Waals surface area contributed by atoms with Crippen molar-refractivity contribution in [3.8, 4) is 5.75 Å². The van der Waals surface area contributed by atoms with Crippen LogP contribution >= 0.6 is 0 Å². The van der Waals surface area contributed by atoms with Crippen molar-refractivity contribution in [3.63, 3.8) is 0 Å². The molecule has 0 aliphatic carbocycles.